The highest BCUT2D eigenvalue weighted by molar-refractivity contribution is 5.77. The monoisotopic (exact) mass is 292 g/mol. The molecule has 1 nitrogen and oxygen atoms in total. The van der Waals surface area contributed by atoms with Crippen LogP contribution in [0.1, 0.15) is 36.0 Å². The zero-order valence-electron chi connectivity index (χ0n) is 11.5. The van der Waals surface area contributed by atoms with Gasteiger partial charge >= 0.3 is 6.18 Å². The second kappa shape index (κ2) is 6.12. The van der Waals surface area contributed by atoms with Crippen LogP contribution >= 0.6 is 0 Å². The molecule has 0 saturated carbocycles. The van der Waals surface area contributed by atoms with E-state index < -0.39 is 11.7 Å². The molecule has 21 heavy (non-hydrogen) atoms. The Morgan fingerprint density at radius 2 is 1.62 bits per heavy atom. The maximum atomic E-state index is 12.8. The number of carbonyl (C=O) groups is 1. The Kier molecular flexibility index (Phi) is 4.46. The van der Waals surface area contributed by atoms with Crippen molar-refractivity contribution in [3.63, 3.8) is 0 Å². The number of carbonyl (C=O) groups excluding carboxylic acids is 1. The highest BCUT2D eigenvalue weighted by atomic mass is 19.4. The minimum atomic E-state index is -4.38. The third-order valence-electron chi connectivity index (χ3n) is 3.31. The Labute approximate surface area is 121 Å². The Balaban J connectivity index is 2.45. The summed E-state index contributed by atoms with van der Waals surface area (Å²) in [7, 11) is 0. The fourth-order valence-electron chi connectivity index (χ4n) is 2.33. The minimum absolute atomic E-state index is 0.0544. The maximum Gasteiger partial charge on any atom is 0.416 e. The van der Waals surface area contributed by atoms with Crippen molar-refractivity contribution in [1.82, 2.24) is 0 Å². The first-order chi connectivity index (χ1) is 9.88. The van der Waals surface area contributed by atoms with Crippen molar-refractivity contribution >= 4 is 5.78 Å². The summed E-state index contributed by atoms with van der Waals surface area (Å²) >= 11 is 0. The summed E-state index contributed by atoms with van der Waals surface area (Å²) in [5.41, 5.74) is 0.655. The van der Waals surface area contributed by atoms with Crippen LogP contribution in [0, 0.1) is 0 Å². The van der Waals surface area contributed by atoms with Gasteiger partial charge < -0.3 is 0 Å². The number of halogens is 3. The third-order valence-corrected chi connectivity index (χ3v) is 3.31. The van der Waals surface area contributed by atoms with Crippen LogP contribution in [0.5, 0.6) is 0 Å². The second-order valence-corrected chi connectivity index (χ2v) is 4.99. The largest absolute Gasteiger partial charge is 0.416 e. The van der Waals surface area contributed by atoms with Crippen molar-refractivity contribution in [2.75, 3.05) is 0 Å². The lowest BCUT2D eigenvalue weighted by atomic mass is 9.86. The fraction of sp³-hybridized carbons (Fsp3) is 0.235. The van der Waals surface area contributed by atoms with Crippen LogP contribution in [0.3, 0.4) is 0 Å². The van der Waals surface area contributed by atoms with Gasteiger partial charge in [-0.15, -0.1) is 0 Å². The summed E-state index contributed by atoms with van der Waals surface area (Å²) in [6.07, 6.45) is -4.20. The molecule has 0 spiro atoms. The summed E-state index contributed by atoms with van der Waals surface area (Å²) in [6.45, 7) is 1.45. The van der Waals surface area contributed by atoms with E-state index in [0.29, 0.717) is 5.56 Å². The molecule has 0 aliphatic carbocycles. The van der Waals surface area contributed by atoms with Gasteiger partial charge in [0.2, 0.25) is 0 Å². The van der Waals surface area contributed by atoms with Crippen LogP contribution in [0.15, 0.2) is 54.6 Å². The van der Waals surface area contributed by atoms with Crippen LogP contribution in [0.2, 0.25) is 0 Å². The van der Waals surface area contributed by atoms with E-state index in [2.05, 4.69) is 0 Å². The lowest BCUT2D eigenvalue weighted by molar-refractivity contribution is -0.137. The van der Waals surface area contributed by atoms with Gasteiger partial charge in [0.05, 0.1) is 5.56 Å². The number of hydrogen-bond acceptors (Lipinski definition) is 1. The van der Waals surface area contributed by atoms with E-state index in [1.165, 1.54) is 13.0 Å². The van der Waals surface area contributed by atoms with Crippen LogP contribution in [0.4, 0.5) is 13.2 Å². The van der Waals surface area contributed by atoms with Crippen LogP contribution < -0.4 is 0 Å². The molecule has 2 aromatic carbocycles. The molecule has 0 heterocycles. The standard InChI is InChI=1S/C17H15F3O/c1-12(21)10-16(13-6-3-2-4-7-13)14-8-5-9-15(11-14)17(18,19)20/h2-9,11,16H,10H2,1H3. The van der Waals surface area contributed by atoms with Crippen molar-refractivity contribution in [1.29, 1.82) is 0 Å². The van der Waals surface area contributed by atoms with E-state index in [4.69, 9.17) is 0 Å². The molecule has 2 rings (SSSR count). The third kappa shape index (κ3) is 3.94. The van der Waals surface area contributed by atoms with Gasteiger partial charge in [-0.2, -0.15) is 13.2 Å². The average molecular weight is 292 g/mol. The number of Topliss-reactive ketones (excluding diaryl/α,β-unsaturated/α-hetero) is 1. The molecule has 0 bridgehead atoms. The number of ketones is 1. The lowest BCUT2D eigenvalue weighted by Gasteiger charge is -2.18. The van der Waals surface area contributed by atoms with E-state index in [-0.39, 0.29) is 18.1 Å². The van der Waals surface area contributed by atoms with E-state index in [0.717, 1.165) is 17.7 Å². The van der Waals surface area contributed by atoms with Crippen LogP contribution in [-0.4, -0.2) is 5.78 Å². The van der Waals surface area contributed by atoms with Crippen LogP contribution in [0.25, 0.3) is 0 Å². The summed E-state index contributed by atoms with van der Waals surface area (Å²) < 4.78 is 38.5. The van der Waals surface area contributed by atoms with E-state index in [1.807, 2.05) is 30.3 Å². The van der Waals surface area contributed by atoms with Gasteiger partial charge in [0.1, 0.15) is 5.78 Å². The first-order valence-corrected chi connectivity index (χ1v) is 6.59. The number of rotatable bonds is 4. The van der Waals surface area contributed by atoms with Crippen molar-refractivity contribution in [3.8, 4) is 0 Å². The molecular weight excluding hydrogens is 277 g/mol. The molecule has 0 aliphatic heterocycles. The molecule has 0 N–H and O–H groups in total. The normalized spacial score (nSPS) is 13.0. The first kappa shape index (κ1) is 15.3. The van der Waals surface area contributed by atoms with Crippen molar-refractivity contribution in [3.05, 3.63) is 71.3 Å². The highest BCUT2D eigenvalue weighted by Gasteiger charge is 2.31. The predicted molar refractivity (Wildman–Crippen MR) is 75.0 cm³/mol. The highest BCUT2D eigenvalue weighted by Crippen LogP contribution is 2.34. The number of hydrogen-bond donors (Lipinski definition) is 0. The molecule has 0 saturated heterocycles. The Bertz CT molecular complexity index is 617. The van der Waals surface area contributed by atoms with Gasteiger partial charge in [0.15, 0.2) is 0 Å². The zero-order valence-corrected chi connectivity index (χ0v) is 11.5. The molecule has 0 radical (unpaired) electrons. The molecule has 1 atom stereocenters. The molecule has 0 amide bonds. The van der Waals surface area contributed by atoms with Gasteiger partial charge in [-0.05, 0) is 24.1 Å². The Morgan fingerprint density at radius 3 is 2.19 bits per heavy atom. The molecule has 2 aromatic rings. The second-order valence-electron chi connectivity index (χ2n) is 4.99. The topological polar surface area (TPSA) is 17.1 Å². The van der Waals surface area contributed by atoms with Gasteiger partial charge in [-0.3, -0.25) is 4.79 Å². The quantitative estimate of drug-likeness (QED) is 0.790. The SMILES string of the molecule is CC(=O)CC(c1ccccc1)c1cccc(C(F)(F)F)c1. The molecule has 0 aromatic heterocycles. The molecule has 4 heteroatoms. The van der Waals surface area contributed by atoms with E-state index >= 15 is 0 Å². The molecular formula is C17H15F3O. The first-order valence-electron chi connectivity index (χ1n) is 6.59. The van der Waals surface area contributed by atoms with Crippen molar-refractivity contribution in [2.45, 2.75) is 25.4 Å². The number of alkyl halides is 3. The van der Waals surface area contributed by atoms with E-state index in [1.54, 1.807) is 6.07 Å². The number of benzene rings is 2. The average Bonchev–Trinajstić information content (AvgIpc) is 2.45. The molecule has 110 valence electrons. The Hall–Kier alpha value is -2.10. The Morgan fingerprint density at radius 1 is 1.00 bits per heavy atom. The minimum Gasteiger partial charge on any atom is -0.300 e. The molecule has 1 unspecified atom stereocenters. The molecule has 0 aliphatic rings. The van der Waals surface area contributed by atoms with Crippen molar-refractivity contribution in [2.24, 2.45) is 0 Å². The molecule has 0 fully saturated rings. The van der Waals surface area contributed by atoms with E-state index in [9.17, 15) is 18.0 Å². The van der Waals surface area contributed by atoms with Crippen LogP contribution in [-0.2, 0) is 11.0 Å². The maximum absolute atomic E-state index is 12.8. The van der Waals surface area contributed by atoms with Gasteiger partial charge in [-0.1, -0.05) is 48.5 Å². The van der Waals surface area contributed by atoms with Gasteiger partial charge in [-0.25, -0.2) is 0 Å². The van der Waals surface area contributed by atoms with Gasteiger partial charge in [0.25, 0.3) is 0 Å². The summed E-state index contributed by atoms with van der Waals surface area (Å²) in [4.78, 5) is 11.5. The summed E-state index contributed by atoms with van der Waals surface area (Å²) in [6, 6.07) is 14.3. The zero-order chi connectivity index (χ0) is 15.5. The predicted octanol–water partition coefficient (Wildman–Crippen LogP) is 4.82. The smallest absolute Gasteiger partial charge is 0.300 e. The lowest BCUT2D eigenvalue weighted by Crippen LogP contribution is -2.09. The summed E-state index contributed by atoms with van der Waals surface area (Å²) in [5.74, 6) is -0.410. The summed E-state index contributed by atoms with van der Waals surface area (Å²) in [5, 5.41) is 0. The fourth-order valence-corrected chi connectivity index (χ4v) is 2.33. The van der Waals surface area contributed by atoms with Crippen molar-refractivity contribution < 1.29 is 18.0 Å². The van der Waals surface area contributed by atoms with Gasteiger partial charge in [0, 0.05) is 12.3 Å².